The van der Waals surface area contributed by atoms with Crippen molar-refractivity contribution in [2.45, 2.75) is 6.92 Å². The van der Waals surface area contributed by atoms with Crippen LogP contribution < -0.4 is 0 Å². The van der Waals surface area contributed by atoms with E-state index in [1.54, 1.807) is 0 Å². The van der Waals surface area contributed by atoms with Crippen LogP contribution in [0.1, 0.15) is 6.92 Å². The topological polar surface area (TPSA) is 9.23 Å². The zero-order valence-electron chi connectivity index (χ0n) is 6.31. The summed E-state index contributed by atoms with van der Waals surface area (Å²) in [6, 6.07) is 0. The summed E-state index contributed by atoms with van der Waals surface area (Å²) in [5.74, 6) is 0. The van der Waals surface area contributed by atoms with Gasteiger partial charge in [-0.3, -0.25) is 0 Å². The Labute approximate surface area is 61.7 Å². The van der Waals surface area contributed by atoms with Crippen LogP contribution in [0.3, 0.4) is 0 Å². The maximum atomic E-state index is 5.19. The van der Waals surface area contributed by atoms with E-state index in [2.05, 4.69) is 13.2 Å². The van der Waals surface area contributed by atoms with Gasteiger partial charge in [0.25, 0.3) is 0 Å². The van der Waals surface area contributed by atoms with E-state index >= 15 is 0 Å². The van der Waals surface area contributed by atoms with Crippen molar-refractivity contribution in [3.8, 4) is 0 Å². The smallest absolute Gasteiger partial charge is 0.0727 e. The summed E-state index contributed by atoms with van der Waals surface area (Å²) in [5, 5.41) is 0. The molecule has 0 amide bonds. The van der Waals surface area contributed by atoms with Crippen molar-refractivity contribution in [2.24, 2.45) is 0 Å². The number of ether oxygens (including phenoxy) is 1. The Balaban J connectivity index is 2.89. The monoisotopic (exact) mass is 136 g/mol. The molecule has 1 aliphatic heterocycles. The molecule has 1 fully saturated rings. The molecule has 1 saturated heterocycles. The predicted molar refractivity (Wildman–Crippen MR) is 42.9 cm³/mol. The molecule has 10 heavy (non-hydrogen) atoms. The van der Waals surface area contributed by atoms with E-state index < -0.39 is 0 Å². The first-order valence-corrected chi connectivity index (χ1v) is 3.33. The molecule has 0 aromatic carbocycles. The van der Waals surface area contributed by atoms with Crippen LogP contribution in [-0.2, 0) is 4.74 Å². The molecular weight excluding hydrogens is 124 g/mol. The van der Waals surface area contributed by atoms with Crippen molar-refractivity contribution in [3.63, 3.8) is 0 Å². The summed E-state index contributed by atoms with van der Waals surface area (Å²) in [6.07, 6.45) is 1.84. The van der Waals surface area contributed by atoms with Gasteiger partial charge in [-0.2, -0.15) is 0 Å². The Bertz CT molecular complexity index is 199. The molecule has 1 nitrogen and oxygen atoms in total. The Kier molecular flexibility index (Phi) is 2.07. The van der Waals surface area contributed by atoms with Crippen LogP contribution in [0.15, 0.2) is 36.0 Å². The molecule has 0 spiro atoms. The van der Waals surface area contributed by atoms with Crippen molar-refractivity contribution < 1.29 is 4.74 Å². The third-order valence-electron chi connectivity index (χ3n) is 1.73. The maximum absolute atomic E-state index is 5.19. The molecule has 1 heterocycles. The molecular formula is C9H12O. The second-order valence-corrected chi connectivity index (χ2v) is 2.46. The first-order chi connectivity index (χ1) is 4.75. The van der Waals surface area contributed by atoms with E-state index in [-0.39, 0.29) is 0 Å². The van der Waals surface area contributed by atoms with Gasteiger partial charge in [0.15, 0.2) is 0 Å². The van der Waals surface area contributed by atoms with E-state index in [1.807, 2.05) is 13.0 Å². The molecule has 1 heteroatoms. The zero-order valence-corrected chi connectivity index (χ0v) is 6.31. The van der Waals surface area contributed by atoms with E-state index in [9.17, 15) is 0 Å². The van der Waals surface area contributed by atoms with Crippen LogP contribution in [0.2, 0.25) is 0 Å². The lowest BCUT2D eigenvalue weighted by molar-refractivity contribution is 0.215. The lowest BCUT2D eigenvalue weighted by Gasteiger charge is -1.97. The van der Waals surface area contributed by atoms with Crippen LogP contribution in [0.4, 0.5) is 0 Å². The number of hydrogen-bond acceptors (Lipinski definition) is 1. The summed E-state index contributed by atoms with van der Waals surface area (Å²) >= 11 is 0. The summed E-state index contributed by atoms with van der Waals surface area (Å²) < 4.78 is 5.19. The highest BCUT2D eigenvalue weighted by Crippen LogP contribution is 2.20. The standard InChI is InChI=1S/C9H12O/c1-4-7(2)9-6-10-5-8(9)3/h4H,1,3,5-6H2,2H3/b9-7-. The molecule has 1 aliphatic rings. The van der Waals surface area contributed by atoms with Crippen LogP contribution in [0, 0.1) is 0 Å². The Morgan fingerprint density at radius 2 is 2.30 bits per heavy atom. The van der Waals surface area contributed by atoms with Crippen LogP contribution in [0.25, 0.3) is 0 Å². The maximum Gasteiger partial charge on any atom is 0.0727 e. The van der Waals surface area contributed by atoms with Gasteiger partial charge < -0.3 is 4.74 Å². The average Bonchev–Trinajstić information content (AvgIpc) is 2.34. The van der Waals surface area contributed by atoms with Crippen molar-refractivity contribution in [2.75, 3.05) is 13.2 Å². The molecule has 0 radical (unpaired) electrons. The summed E-state index contributed by atoms with van der Waals surface area (Å²) in [7, 11) is 0. The first kappa shape index (κ1) is 7.29. The second kappa shape index (κ2) is 2.84. The SMILES string of the molecule is C=C/C(C)=C1/COCC1=C. The third-order valence-corrected chi connectivity index (χ3v) is 1.73. The van der Waals surface area contributed by atoms with Crippen molar-refractivity contribution in [1.82, 2.24) is 0 Å². The molecule has 0 atom stereocenters. The Morgan fingerprint density at radius 3 is 2.70 bits per heavy atom. The molecule has 0 aliphatic carbocycles. The molecule has 0 saturated carbocycles. The highest BCUT2D eigenvalue weighted by Gasteiger charge is 2.12. The van der Waals surface area contributed by atoms with Crippen molar-refractivity contribution in [3.05, 3.63) is 36.0 Å². The highest BCUT2D eigenvalue weighted by molar-refractivity contribution is 5.39. The second-order valence-electron chi connectivity index (χ2n) is 2.46. The number of allylic oxidation sites excluding steroid dienone is 2. The molecule has 54 valence electrons. The fourth-order valence-electron chi connectivity index (χ4n) is 0.981. The highest BCUT2D eigenvalue weighted by atomic mass is 16.5. The van der Waals surface area contributed by atoms with Gasteiger partial charge in [-0.25, -0.2) is 0 Å². The third kappa shape index (κ3) is 1.19. The molecule has 0 aromatic heterocycles. The normalized spacial score (nSPS) is 23.1. The summed E-state index contributed by atoms with van der Waals surface area (Å²) in [4.78, 5) is 0. The first-order valence-electron chi connectivity index (χ1n) is 3.33. The van der Waals surface area contributed by atoms with E-state index in [4.69, 9.17) is 4.74 Å². The van der Waals surface area contributed by atoms with Crippen LogP contribution in [0.5, 0.6) is 0 Å². The van der Waals surface area contributed by atoms with Gasteiger partial charge >= 0.3 is 0 Å². The minimum Gasteiger partial charge on any atom is -0.372 e. The Morgan fingerprint density at radius 1 is 1.60 bits per heavy atom. The molecule has 0 aromatic rings. The van der Waals surface area contributed by atoms with Gasteiger partial charge in [0.05, 0.1) is 13.2 Å². The molecule has 0 bridgehead atoms. The minimum atomic E-state index is 0.681. The number of hydrogen-bond donors (Lipinski definition) is 0. The van der Waals surface area contributed by atoms with Crippen LogP contribution >= 0.6 is 0 Å². The van der Waals surface area contributed by atoms with Crippen LogP contribution in [-0.4, -0.2) is 13.2 Å². The van der Waals surface area contributed by atoms with E-state index in [0.717, 1.165) is 5.57 Å². The van der Waals surface area contributed by atoms with Gasteiger partial charge in [-0.15, -0.1) is 0 Å². The Hall–Kier alpha value is -0.820. The average molecular weight is 136 g/mol. The quantitative estimate of drug-likeness (QED) is 0.536. The molecule has 0 unspecified atom stereocenters. The fraction of sp³-hybridized carbons (Fsp3) is 0.333. The van der Waals surface area contributed by atoms with E-state index in [1.165, 1.54) is 11.1 Å². The van der Waals surface area contributed by atoms with Gasteiger partial charge in [0.2, 0.25) is 0 Å². The minimum absolute atomic E-state index is 0.681. The van der Waals surface area contributed by atoms with Gasteiger partial charge in [-0.1, -0.05) is 19.2 Å². The van der Waals surface area contributed by atoms with Gasteiger partial charge in [0.1, 0.15) is 0 Å². The van der Waals surface area contributed by atoms with Gasteiger partial charge in [0, 0.05) is 0 Å². The predicted octanol–water partition coefficient (Wildman–Crippen LogP) is 2.08. The summed E-state index contributed by atoms with van der Waals surface area (Å²) in [5.41, 5.74) is 3.50. The fourth-order valence-corrected chi connectivity index (χ4v) is 0.981. The zero-order chi connectivity index (χ0) is 7.56. The largest absolute Gasteiger partial charge is 0.372 e. The van der Waals surface area contributed by atoms with E-state index in [0.29, 0.717) is 13.2 Å². The molecule has 0 N–H and O–H groups in total. The summed E-state index contributed by atoms with van der Waals surface area (Å²) in [6.45, 7) is 11.0. The lowest BCUT2D eigenvalue weighted by atomic mass is 10.1. The lowest BCUT2D eigenvalue weighted by Crippen LogP contribution is -1.86. The number of rotatable bonds is 1. The van der Waals surface area contributed by atoms with Crippen molar-refractivity contribution >= 4 is 0 Å². The molecule has 1 rings (SSSR count). The van der Waals surface area contributed by atoms with Gasteiger partial charge in [-0.05, 0) is 23.6 Å². The van der Waals surface area contributed by atoms with Crippen molar-refractivity contribution in [1.29, 1.82) is 0 Å².